The molecule has 1 N–H and O–H groups in total. The van der Waals surface area contributed by atoms with E-state index >= 15 is 0 Å². The van der Waals surface area contributed by atoms with Gasteiger partial charge in [-0.3, -0.25) is 4.79 Å². The molecular weight excluding hydrogens is 295 g/mol. The van der Waals surface area contributed by atoms with Crippen molar-refractivity contribution >= 4 is 22.6 Å². The Morgan fingerprint density at radius 1 is 1.57 bits per heavy atom. The number of hydrogen-bond donors (Lipinski definition) is 1. The maximum atomic E-state index is 11.4. The highest BCUT2D eigenvalue weighted by atomic mass is 127. The van der Waals surface area contributed by atoms with Gasteiger partial charge in [-0.2, -0.15) is 0 Å². The van der Waals surface area contributed by atoms with Crippen LogP contribution in [-0.4, -0.2) is 23.7 Å². The molecule has 0 bridgehead atoms. The third-order valence-electron chi connectivity index (χ3n) is 1.86. The van der Waals surface area contributed by atoms with Crippen molar-refractivity contribution < 1.29 is 4.74 Å². The first-order chi connectivity index (χ1) is 6.69. The van der Waals surface area contributed by atoms with Crippen molar-refractivity contribution in [2.24, 2.45) is 0 Å². The van der Waals surface area contributed by atoms with Crippen LogP contribution >= 0.6 is 22.6 Å². The van der Waals surface area contributed by atoms with E-state index in [1.165, 1.54) is 0 Å². The molecule has 0 aliphatic heterocycles. The fourth-order valence-electron chi connectivity index (χ4n) is 1.11. The number of aromatic amines is 1. The van der Waals surface area contributed by atoms with Crippen LogP contribution in [0.3, 0.4) is 0 Å². The highest BCUT2D eigenvalue weighted by Gasteiger charge is 2.06. The normalized spacial score (nSPS) is 10.5. The molecule has 0 amide bonds. The van der Waals surface area contributed by atoms with E-state index in [1.807, 2.05) is 29.5 Å². The molecule has 1 aromatic heterocycles. The summed E-state index contributed by atoms with van der Waals surface area (Å²) >= 11 is 2.02. The molecule has 78 valence electrons. The van der Waals surface area contributed by atoms with Crippen molar-refractivity contribution in [2.75, 3.05) is 13.7 Å². The topological polar surface area (TPSA) is 55.0 Å². The first-order valence-electron chi connectivity index (χ1n) is 4.45. The van der Waals surface area contributed by atoms with E-state index in [9.17, 15) is 4.79 Å². The van der Waals surface area contributed by atoms with Crippen LogP contribution in [0.15, 0.2) is 4.79 Å². The number of nitrogens with one attached hydrogen (secondary N) is 1. The van der Waals surface area contributed by atoms with Gasteiger partial charge < -0.3 is 9.72 Å². The predicted molar refractivity (Wildman–Crippen MR) is 62.5 cm³/mol. The van der Waals surface area contributed by atoms with Crippen molar-refractivity contribution in [1.29, 1.82) is 0 Å². The molecule has 4 nitrogen and oxygen atoms in total. The Labute approximate surface area is 96.2 Å². The number of halogens is 1. The Bertz CT molecular complexity index is 362. The number of hydrogen-bond acceptors (Lipinski definition) is 3. The first-order valence-corrected chi connectivity index (χ1v) is 5.53. The summed E-state index contributed by atoms with van der Waals surface area (Å²) in [6.45, 7) is 2.57. The van der Waals surface area contributed by atoms with Gasteiger partial charge in [0, 0.05) is 13.5 Å². The standard InChI is InChI=1S/C9H13IN2O2/c1-3-6-8(10)9(13)12-7(11-6)4-5-14-2/h3-5H2,1-2H3,(H,11,12,13). The summed E-state index contributed by atoms with van der Waals surface area (Å²) in [7, 11) is 1.63. The van der Waals surface area contributed by atoms with E-state index < -0.39 is 0 Å². The highest BCUT2D eigenvalue weighted by molar-refractivity contribution is 14.1. The second-order valence-corrected chi connectivity index (χ2v) is 3.95. The van der Waals surface area contributed by atoms with E-state index in [2.05, 4.69) is 9.97 Å². The monoisotopic (exact) mass is 308 g/mol. The van der Waals surface area contributed by atoms with Gasteiger partial charge in [-0.15, -0.1) is 0 Å². The molecule has 0 unspecified atom stereocenters. The van der Waals surface area contributed by atoms with Crippen molar-refractivity contribution in [3.63, 3.8) is 0 Å². The van der Waals surface area contributed by atoms with Crippen LogP contribution in [0, 0.1) is 3.57 Å². The van der Waals surface area contributed by atoms with E-state index in [1.54, 1.807) is 7.11 Å². The van der Waals surface area contributed by atoms with Gasteiger partial charge in [-0.05, 0) is 29.0 Å². The van der Waals surface area contributed by atoms with Crippen LogP contribution in [0.5, 0.6) is 0 Å². The fraction of sp³-hybridized carbons (Fsp3) is 0.556. The number of aryl methyl sites for hydroxylation is 1. The summed E-state index contributed by atoms with van der Waals surface area (Å²) in [5.74, 6) is 0.703. The Morgan fingerprint density at radius 3 is 2.86 bits per heavy atom. The van der Waals surface area contributed by atoms with Crippen LogP contribution in [0.25, 0.3) is 0 Å². The Kier molecular flexibility index (Phi) is 4.53. The van der Waals surface area contributed by atoms with Crippen molar-refractivity contribution in [3.05, 3.63) is 25.4 Å². The molecule has 0 spiro atoms. The number of aromatic nitrogens is 2. The van der Waals surface area contributed by atoms with E-state index in [4.69, 9.17) is 4.74 Å². The summed E-state index contributed by atoms with van der Waals surface area (Å²) in [5.41, 5.74) is 0.809. The number of ether oxygens (including phenoxy) is 1. The van der Waals surface area contributed by atoms with Gasteiger partial charge in [0.05, 0.1) is 15.9 Å². The van der Waals surface area contributed by atoms with Crippen LogP contribution < -0.4 is 5.56 Å². The van der Waals surface area contributed by atoms with Crippen molar-refractivity contribution in [1.82, 2.24) is 9.97 Å². The molecule has 0 aliphatic rings. The minimum Gasteiger partial charge on any atom is -0.384 e. The quantitative estimate of drug-likeness (QED) is 0.848. The summed E-state index contributed by atoms with van der Waals surface area (Å²) in [6, 6.07) is 0. The van der Waals surface area contributed by atoms with Crippen LogP contribution in [0.2, 0.25) is 0 Å². The van der Waals surface area contributed by atoms with Gasteiger partial charge in [0.1, 0.15) is 5.82 Å². The van der Waals surface area contributed by atoms with Crippen LogP contribution in [0.1, 0.15) is 18.4 Å². The number of H-pyrrole nitrogens is 1. The second kappa shape index (κ2) is 5.45. The summed E-state index contributed by atoms with van der Waals surface area (Å²) in [5, 5.41) is 0. The smallest absolute Gasteiger partial charge is 0.264 e. The third-order valence-corrected chi connectivity index (χ3v) is 2.97. The lowest BCUT2D eigenvalue weighted by Gasteiger charge is -2.04. The van der Waals surface area contributed by atoms with E-state index in [0.29, 0.717) is 22.4 Å². The van der Waals surface area contributed by atoms with Gasteiger partial charge >= 0.3 is 0 Å². The lowest BCUT2D eigenvalue weighted by molar-refractivity contribution is 0.200. The molecule has 1 aromatic rings. The third kappa shape index (κ3) is 2.78. The molecule has 0 aliphatic carbocycles. The second-order valence-electron chi connectivity index (χ2n) is 2.87. The average molecular weight is 308 g/mol. The van der Waals surface area contributed by atoms with Gasteiger partial charge in [0.15, 0.2) is 0 Å². The van der Waals surface area contributed by atoms with E-state index in [0.717, 1.165) is 12.1 Å². The Hall–Kier alpha value is -0.430. The molecule has 0 aromatic carbocycles. The molecular formula is C9H13IN2O2. The molecule has 0 radical (unpaired) electrons. The van der Waals surface area contributed by atoms with Crippen LogP contribution in [0.4, 0.5) is 0 Å². The summed E-state index contributed by atoms with van der Waals surface area (Å²) in [6.07, 6.45) is 1.43. The Morgan fingerprint density at radius 2 is 2.29 bits per heavy atom. The van der Waals surface area contributed by atoms with Crippen LogP contribution in [-0.2, 0) is 17.6 Å². The SMILES string of the molecule is CCc1nc(CCOC)[nH]c(=O)c1I. The van der Waals surface area contributed by atoms with Crippen molar-refractivity contribution in [3.8, 4) is 0 Å². The van der Waals surface area contributed by atoms with E-state index in [-0.39, 0.29) is 5.56 Å². The molecule has 1 rings (SSSR count). The van der Waals surface area contributed by atoms with Gasteiger partial charge in [0.2, 0.25) is 0 Å². The van der Waals surface area contributed by atoms with Gasteiger partial charge in [-0.1, -0.05) is 6.92 Å². The zero-order valence-corrected chi connectivity index (χ0v) is 10.4. The maximum absolute atomic E-state index is 11.4. The minimum absolute atomic E-state index is 0.0523. The molecule has 0 atom stereocenters. The maximum Gasteiger partial charge on any atom is 0.264 e. The molecule has 0 saturated carbocycles. The predicted octanol–water partition coefficient (Wildman–Crippen LogP) is 1.13. The minimum atomic E-state index is -0.0523. The molecule has 1 heterocycles. The molecule has 0 fully saturated rings. The average Bonchev–Trinajstić information content (AvgIpc) is 2.19. The lowest BCUT2D eigenvalue weighted by Crippen LogP contribution is -2.18. The van der Waals surface area contributed by atoms with Gasteiger partial charge in [0.25, 0.3) is 5.56 Å². The highest BCUT2D eigenvalue weighted by Crippen LogP contribution is 2.05. The van der Waals surface area contributed by atoms with Gasteiger partial charge in [-0.25, -0.2) is 4.98 Å². The largest absolute Gasteiger partial charge is 0.384 e. The zero-order valence-electron chi connectivity index (χ0n) is 8.26. The fourth-order valence-corrected chi connectivity index (χ4v) is 1.75. The number of nitrogens with zero attached hydrogens (tertiary/aromatic N) is 1. The van der Waals surface area contributed by atoms with Crippen molar-refractivity contribution in [2.45, 2.75) is 19.8 Å². The molecule has 0 saturated heterocycles. The summed E-state index contributed by atoms with van der Waals surface area (Å²) in [4.78, 5) is 18.5. The molecule has 5 heteroatoms. The number of methoxy groups -OCH3 is 1. The first kappa shape index (κ1) is 11.6. The lowest BCUT2D eigenvalue weighted by atomic mass is 10.3. The Balaban J connectivity index is 2.98. The number of rotatable bonds is 4. The molecule has 14 heavy (non-hydrogen) atoms. The summed E-state index contributed by atoms with van der Waals surface area (Å²) < 4.78 is 5.61. The zero-order chi connectivity index (χ0) is 10.6.